The highest BCUT2D eigenvalue weighted by Gasteiger charge is 2.15. The van der Waals surface area contributed by atoms with E-state index in [0.29, 0.717) is 17.2 Å². The molecule has 2 aromatic carbocycles. The van der Waals surface area contributed by atoms with Gasteiger partial charge in [-0.3, -0.25) is 0 Å². The first kappa shape index (κ1) is 18.4. The van der Waals surface area contributed by atoms with Gasteiger partial charge in [0.05, 0.1) is 23.4 Å². The zero-order chi connectivity index (χ0) is 18.5. The third kappa shape index (κ3) is 4.23. The van der Waals surface area contributed by atoms with Crippen LogP contribution in [0.25, 0.3) is 22.2 Å². The summed E-state index contributed by atoms with van der Waals surface area (Å²) in [7, 11) is 0. The van der Waals surface area contributed by atoms with E-state index in [2.05, 4.69) is 6.92 Å². The van der Waals surface area contributed by atoms with Gasteiger partial charge in [0.15, 0.2) is 0 Å². The van der Waals surface area contributed by atoms with E-state index in [1.54, 1.807) is 0 Å². The molecule has 3 aromatic rings. The summed E-state index contributed by atoms with van der Waals surface area (Å²) in [5, 5.41) is 1.49. The molecule has 3 nitrogen and oxygen atoms in total. The molecule has 26 heavy (non-hydrogen) atoms. The number of hydrogen-bond donors (Lipinski definition) is 0. The highest BCUT2D eigenvalue weighted by Crippen LogP contribution is 2.27. The van der Waals surface area contributed by atoms with Gasteiger partial charge in [0.2, 0.25) is 0 Å². The van der Waals surface area contributed by atoms with E-state index in [4.69, 9.17) is 21.3 Å². The van der Waals surface area contributed by atoms with Crippen molar-refractivity contribution in [3.05, 3.63) is 64.7 Å². The standard InChI is InChI=1S/C22H22ClNO2/c1-3-4-5-12-26-22(25)19-14-21(16-7-9-17(23)10-8-16)24-20-11-6-15(2)13-18(19)20/h6-11,13-14H,3-5,12H2,1-2H3. The highest BCUT2D eigenvalue weighted by atomic mass is 35.5. The number of aryl methyl sites for hydroxylation is 1. The Bertz CT molecular complexity index is 919. The van der Waals surface area contributed by atoms with Crippen molar-refractivity contribution >= 4 is 28.5 Å². The third-order valence-corrected chi connectivity index (χ3v) is 4.56. The van der Waals surface area contributed by atoms with Crippen LogP contribution < -0.4 is 0 Å². The van der Waals surface area contributed by atoms with Crippen LogP contribution in [-0.4, -0.2) is 17.6 Å². The SMILES string of the molecule is CCCCCOC(=O)c1cc(-c2ccc(Cl)cc2)nc2ccc(C)cc12. The van der Waals surface area contributed by atoms with Crippen molar-refractivity contribution in [3.63, 3.8) is 0 Å². The lowest BCUT2D eigenvalue weighted by atomic mass is 10.0. The van der Waals surface area contributed by atoms with Crippen molar-refractivity contribution in [3.8, 4) is 11.3 Å². The molecule has 0 unspecified atom stereocenters. The number of hydrogen-bond acceptors (Lipinski definition) is 3. The minimum atomic E-state index is -0.297. The number of ether oxygens (including phenoxy) is 1. The molecule has 1 heterocycles. The molecule has 0 saturated carbocycles. The third-order valence-electron chi connectivity index (χ3n) is 4.31. The molecule has 0 radical (unpaired) electrons. The molecule has 1 aromatic heterocycles. The van der Waals surface area contributed by atoms with Crippen molar-refractivity contribution < 1.29 is 9.53 Å². The van der Waals surface area contributed by atoms with Crippen molar-refractivity contribution in [2.75, 3.05) is 6.61 Å². The van der Waals surface area contributed by atoms with Crippen LogP contribution in [0.4, 0.5) is 0 Å². The molecule has 0 spiro atoms. The molecule has 0 aliphatic rings. The van der Waals surface area contributed by atoms with E-state index in [9.17, 15) is 4.79 Å². The first-order chi connectivity index (χ1) is 12.6. The summed E-state index contributed by atoms with van der Waals surface area (Å²) >= 11 is 5.98. The molecule has 3 rings (SSSR count). The Morgan fingerprint density at radius 3 is 2.58 bits per heavy atom. The fraction of sp³-hybridized carbons (Fsp3) is 0.273. The van der Waals surface area contributed by atoms with Crippen LogP contribution in [0.15, 0.2) is 48.5 Å². The first-order valence-electron chi connectivity index (χ1n) is 8.93. The largest absolute Gasteiger partial charge is 0.462 e. The lowest BCUT2D eigenvalue weighted by molar-refractivity contribution is 0.0500. The lowest BCUT2D eigenvalue weighted by Crippen LogP contribution is -2.08. The minimum absolute atomic E-state index is 0.297. The van der Waals surface area contributed by atoms with Crippen LogP contribution in [0.1, 0.15) is 42.1 Å². The average molecular weight is 368 g/mol. The zero-order valence-electron chi connectivity index (χ0n) is 15.1. The molecule has 0 N–H and O–H groups in total. The number of carbonyl (C=O) groups excluding carboxylic acids is 1. The van der Waals surface area contributed by atoms with Crippen molar-refractivity contribution in [2.24, 2.45) is 0 Å². The number of esters is 1. The molecular formula is C22H22ClNO2. The van der Waals surface area contributed by atoms with Gasteiger partial charge in [-0.25, -0.2) is 9.78 Å². The van der Waals surface area contributed by atoms with E-state index < -0.39 is 0 Å². The number of halogens is 1. The van der Waals surface area contributed by atoms with Crippen LogP contribution in [-0.2, 0) is 4.74 Å². The van der Waals surface area contributed by atoms with Gasteiger partial charge >= 0.3 is 5.97 Å². The maximum absolute atomic E-state index is 12.7. The van der Waals surface area contributed by atoms with Gasteiger partial charge in [-0.1, -0.05) is 55.1 Å². The van der Waals surface area contributed by atoms with E-state index >= 15 is 0 Å². The maximum Gasteiger partial charge on any atom is 0.338 e. The second-order valence-electron chi connectivity index (χ2n) is 6.43. The van der Waals surface area contributed by atoms with E-state index in [1.807, 2.05) is 55.5 Å². The van der Waals surface area contributed by atoms with Crippen LogP contribution in [0.2, 0.25) is 5.02 Å². The lowest BCUT2D eigenvalue weighted by Gasteiger charge is -2.11. The Kier molecular flexibility index (Phi) is 5.89. The van der Waals surface area contributed by atoms with Crippen molar-refractivity contribution in [1.29, 1.82) is 0 Å². The van der Waals surface area contributed by atoms with E-state index in [0.717, 1.165) is 47.0 Å². The topological polar surface area (TPSA) is 39.2 Å². The number of unbranched alkanes of at least 4 members (excludes halogenated alkanes) is 2. The number of nitrogens with zero attached hydrogens (tertiary/aromatic N) is 1. The summed E-state index contributed by atoms with van der Waals surface area (Å²) in [5.74, 6) is -0.297. The molecule has 4 heteroatoms. The fourth-order valence-electron chi connectivity index (χ4n) is 2.87. The Balaban J connectivity index is 2.02. The Labute approximate surface area is 159 Å². The quantitative estimate of drug-likeness (QED) is 0.384. The highest BCUT2D eigenvalue weighted by molar-refractivity contribution is 6.30. The number of pyridine rings is 1. The second kappa shape index (κ2) is 8.33. The van der Waals surface area contributed by atoms with Crippen molar-refractivity contribution in [2.45, 2.75) is 33.1 Å². The Hall–Kier alpha value is -2.39. The van der Waals surface area contributed by atoms with Crippen molar-refractivity contribution in [1.82, 2.24) is 4.98 Å². The molecule has 0 bridgehead atoms. The predicted molar refractivity (Wildman–Crippen MR) is 107 cm³/mol. The van der Waals surface area contributed by atoms with E-state index in [-0.39, 0.29) is 5.97 Å². The van der Waals surface area contributed by atoms with Crippen LogP contribution >= 0.6 is 11.6 Å². The van der Waals surface area contributed by atoms with Gasteiger partial charge in [0, 0.05) is 16.0 Å². The summed E-state index contributed by atoms with van der Waals surface area (Å²) in [6, 6.07) is 15.2. The number of fused-ring (bicyclic) bond motifs is 1. The van der Waals surface area contributed by atoms with Gasteiger partial charge < -0.3 is 4.74 Å². The Morgan fingerprint density at radius 1 is 1.08 bits per heavy atom. The number of rotatable bonds is 6. The summed E-state index contributed by atoms with van der Waals surface area (Å²) in [6.07, 6.45) is 3.03. The van der Waals surface area contributed by atoms with Crippen LogP contribution in [0, 0.1) is 6.92 Å². The summed E-state index contributed by atoms with van der Waals surface area (Å²) in [4.78, 5) is 17.4. The summed E-state index contributed by atoms with van der Waals surface area (Å²) in [6.45, 7) is 4.57. The normalized spacial score (nSPS) is 10.9. The number of aromatic nitrogens is 1. The summed E-state index contributed by atoms with van der Waals surface area (Å²) in [5.41, 5.74) is 4.07. The zero-order valence-corrected chi connectivity index (χ0v) is 15.8. The molecule has 0 amide bonds. The van der Waals surface area contributed by atoms with Gasteiger partial charge in [0.1, 0.15) is 0 Å². The molecule has 0 aliphatic heterocycles. The number of benzene rings is 2. The van der Waals surface area contributed by atoms with Crippen LogP contribution in [0.3, 0.4) is 0 Å². The van der Waals surface area contributed by atoms with Gasteiger partial charge in [-0.05, 0) is 43.7 Å². The molecule has 0 atom stereocenters. The molecule has 0 aliphatic carbocycles. The molecular weight excluding hydrogens is 346 g/mol. The molecule has 0 saturated heterocycles. The van der Waals surface area contributed by atoms with Gasteiger partial charge in [0.25, 0.3) is 0 Å². The van der Waals surface area contributed by atoms with Crippen LogP contribution in [0.5, 0.6) is 0 Å². The number of carbonyl (C=O) groups is 1. The molecule has 134 valence electrons. The maximum atomic E-state index is 12.7. The second-order valence-corrected chi connectivity index (χ2v) is 6.86. The van der Waals surface area contributed by atoms with Gasteiger partial charge in [-0.15, -0.1) is 0 Å². The molecule has 0 fully saturated rings. The smallest absolute Gasteiger partial charge is 0.338 e. The summed E-state index contributed by atoms with van der Waals surface area (Å²) < 4.78 is 5.50. The van der Waals surface area contributed by atoms with Gasteiger partial charge in [-0.2, -0.15) is 0 Å². The average Bonchev–Trinajstić information content (AvgIpc) is 2.65. The minimum Gasteiger partial charge on any atom is -0.462 e. The van der Waals surface area contributed by atoms with E-state index in [1.165, 1.54) is 0 Å². The predicted octanol–water partition coefficient (Wildman–Crippen LogP) is 6.21. The Morgan fingerprint density at radius 2 is 1.85 bits per heavy atom. The fourth-order valence-corrected chi connectivity index (χ4v) is 3.00. The first-order valence-corrected chi connectivity index (χ1v) is 9.30. The monoisotopic (exact) mass is 367 g/mol.